The summed E-state index contributed by atoms with van der Waals surface area (Å²) in [5, 5.41) is 1.32. The molecule has 0 aliphatic carbocycles. The number of hydrogen-bond acceptors (Lipinski definition) is 1. The van der Waals surface area contributed by atoms with Gasteiger partial charge in [0.1, 0.15) is 0 Å². The Morgan fingerprint density at radius 3 is 2.63 bits per heavy atom. The van der Waals surface area contributed by atoms with Crippen molar-refractivity contribution in [3.8, 4) is 0 Å². The van der Waals surface area contributed by atoms with Gasteiger partial charge in [-0.25, -0.2) is 0 Å². The Morgan fingerprint density at radius 2 is 1.74 bits per heavy atom. The average Bonchev–Trinajstić information content (AvgIpc) is 2.86. The summed E-state index contributed by atoms with van der Waals surface area (Å²) >= 11 is 0. The molecule has 0 saturated carbocycles. The first-order chi connectivity index (χ1) is 9.43. The van der Waals surface area contributed by atoms with Crippen LogP contribution in [0.15, 0.2) is 59.6 Å². The Balaban J connectivity index is 1.97. The molecule has 1 aromatic heterocycles. The summed E-state index contributed by atoms with van der Waals surface area (Å²) in [6, 6.07) is 19.1. The number of nitrogens with one attached hydrogen (secondary N) is 1. The average molecular weight is 246 g/mol. The lowest BCUT2D eigenvalue weighted by molar-refractivity contribution is 0.814. The van der Waals surface area contributed by atoms with Gasteiger partial charge in [-0.2, -0.15) is 0 Å². The predicted octanol–water partition coefficient (Wildman–Crippen LogP) is 3.73. The van der Waals surface area contributed by atoms with Gasteiger partial charge in [0.25, 0.3) is 0 Å². The van der Waals surface area contributed by atoms with E-state index in [4.69, 9.17) is 0 Å². The summed E-state index contributed by atoms with van der Waals surface area (Å²) in [5.74, 6) is 0.359. The van der Waals surface area contributed by atoms with Gasteiger partial charge in [-0.05, 0) is 17.2 Å². The number of aromatic nitrogens is 1. The van der Waals surface area contributed by atoms with Crippen LogP contribution in [-0.2, 0) is 0 Å². The molecule has 19 heavy (non-hydrogen) atoms. The minimum Gasteiger partial charge on any atom is -0.354 e. The molecule has 2 nitrogen and oxygen atoms in total. The van der Waals surface area contributed by atoms with Gasteiger partial charge in [0.05, 0.1) is 12.2 Å². The zero-order valence-corrected chi connectivity index (χ0v) is 10.5. The van der Waals surface area contributed by atoms with Crippen molar-refractivity contribution >= 4 is 17.1 Å². The number of fused-ring (bicyclic) bond motifs is 3. The summed E-state index contributed by atoms with van der Waals surface area (Å²) in [6.45, 7) is 0.832. The Bertz CT molecular complexity index is 753. The highest BCUT2D eigenvalue weighted by molar-refractivity contribution is 5.95. The maximum atomic E-state index is 4.52. The number of hydrogen-bond donors (Lipinski definition) is 1. The van der Waals surface area contributed by atoms with Crippen molar-refractivity contribution in [1.82, 2.24) is 4.98 Å². The number of benzene rings is 2. The quantitative estimate of drug-likeness (QED) is 0.677. The van der Waals surface area contributed by atoms with E-state index in [1.165, 1.54) is 22.0 Å². The molecule has 0 radical (unpaired) electrons. The molecule has 0 bridgehead atoms. The number of H-pyrrole nitrogens is 1. The number of aromatic amines is 1. The molecule has 0 amide bonds. The van der Waals surface area contributed by atoms with Crippen molar-refractivity contribution in [1.29, 1.82) is 0 Å². The highest BCUT2D eigenvalue weighted by atomic mass is 14.8. The maximum Gasteiger partial charge on any atom is 0.0612 e. The third-order valence-corrected chi connectivity index (χ3v) is 3.84. The first kappa shape index (κ1) is 10.6. The van der Waals surface area contributed by atoms with Gasteiger partial charge in [-0.1, -0.05) is 48.5 Å². The Kier molecular flexibility index (Phi) is 2.27. The van der Waals surface area contributed by atoms with Gasteiger partial charge < -0.3 is 4.98 Å². The second kappa shape index (κ2) is 4.09. The largest absolute Gasteiger partial charge is 0.354 e. The molecule has 0 saturated heterocycles. The Morgan fingerprint density at radius 1 is 0.947 bits per heavy atom. The highest BCUT2D eigenvalue weighted by Crippen LogP contribution is 2.35. The lowest BCUT2D eigenvalue weighted by Gasteiger charge is -2.19. The van der Waals surface area contributed by atoms with E-state index in [1.807, 2.05) is 6.21 Å². The van der Waals surface area contributed by atoms with Gasteiger partial charge in [-0.3, -0.25) is 4.99 Å². The lowest BCUT2D eigenvalue weighted by Crippen LogP contribution is -2.11. The van der Waals surface area contributed by atoms with E-state index in [0.717, 1.165) is 12.2 Å². The monoisotopic (exact) mass is 246 g/mol. The van der Waals surface area contributed by atoms with E-state index in [0.29, 0.717) is 5.92 Å². The van der Waals surface area contributed by atoms with Gasteiger partial charge >= 0.3 is 0 Å². The fourth-order valence-corrected chi connectivity index (χ4v) is 2.96. The van der Waals surface area contributed by atoms with Crippen molar-refractivity contribution in [2.45, 2.75) is 5.92 Å². The molecular formula is C17H14N2. The summed E-state index contributed by atoms with van der Waals surface area (Å²) in [5.41, 5.74) is 5.07. The molecular weight excluding hydrogens is 232 g/mol. The van der Waals surface area contributed by atoms with Crippen molar-refractivity contribution in [3.05, 3.63) is 71.4 Å². The van der Waals surface area contributed by atoms with Crippen LogP contribution in [0.3, 0.4) is 0 Å². The molecule has 92 valence electrons. The Labute approximate surface area is 111 Å². The number of nitrogens with zero attached hydrogens (tertiary/aromatic N) is 1. The minimum absolute atomic E-state index is 0.359. The number of rotatable bonds is 1. The molecule has 1 aliphatic rings. The third kappa shape index (κ3) is 1.60. The summed E-state index contributed by atoms with van der Waals surface area (Å²) in [7, 11) is 0. The molecule has 1 atom stereocenters. The van der Waals surface area contributed by atoms with Gasteiger partial charge in [-0.15, -0.1) is 0 Å². The van der Waals surface area contributed by atoms with Gasteiger partial charge in [0.2, 0.25) is 0 Å². The first-order valence-corrected chi connectivity index (χ1v) is 6.59. The summed E-state index contributed by atoms with van der Waals surface area (Å²) in [6.07, 6.45) is 1.97. The molecule has 0 spiro atoms. The zero-order valence-electron chi connectivity index (χ0n) is 10.5. The normalized spacial score (nSPS) is 17.6. The molecule has 0 fully saturated rings. The van der Waals surface area contributed by atoms with Crippen LogP contribution in [0.1, 0.15) is 22.7 Å². The van der Waals surface area contributed by atoms with E-state index < -0.39 is 0 Å². The van der Waals surface area contributed by atoms with E-state index in [9.17, 15) is 0 Å². The van der Waals surface area contributed by atoms with Gasteiger partial charge in [0.15, 0.2) is 0 Å². The highest BCUT2D eigenvalue weighted by Gasteiger charge is 2.23. The van der Waals surface area contributed by atoms with Crippen LogP contribution in [0.5, 0.6) is 0 Å². The van der Waals surface area contributed by atoms with E-state index in [-0.39, 0.29) is 0 Å². The number of para-hydroxylation sites is 1. The molecule has 2 heterocycles. The maximum absolute atomic E-state index is 4.52. The first-order valence-electron chi connectivity index (χ1n) is 6.59. The second-order valence-electron chi connectivity index (χ2n) is 4.96. The summed E-state index contributed by atoms with van der Waals surface area (Å²) in [4.78, 5) is 7.98. The van der Waals surface area contributed by atoms with Crippen LogP contribution in [0, 0.1) is 0 Å². The topological polar surface area (TPSA) is 28.1 Å². The van der Waals surface area contributed by atoms with E-state index in [2.05, 4.69) is 64.6 Å². The van der Waals surface area contributed by atoms with Crippen LogP contribution in [0.2, 0.25) is 0 Å². The smallest absolute Gasteiger partial charge is 0.0612 e. The van der Waals surface area contributed by atoms with Crippen LogP contribution >= 0.6 is 0 Å². The van der Waals surface area contributed by atoms with Crippen molar-refractivity contribution in [3.63, 3.8) is 0 Å². The molecule has 4 rings (SSSR count). The second-order valence-corrected chi connectivity index (χ2v) is 4.96. The van der Waals surface area contributed by atoms with Crippen LogP contribution in [-0.4, -0.2) is 17.7 Å². The molecule has 1 N–H and O–H groups in total. The minimum atomic E-state index is 0.359. The molecule has 3 aromatic rings. The third-order valence-electron chi connectivity index (χ3n) is 3.84. The van der Waals surface area contributed by atoms with Crippen molar-refractivity contribution in [2.75, 3.05) is 6.54 Å². The molecule has 2 heteroatoms. The van der Waals surface area contributed by atoms with Crippen molar-refractivity contribution < 1.29 is 0 Å². The van der Waals surface area contributed by atoms with Crippen molar-refractivity contribution in [2.24, 2.45) is 4.99 Å². The molecule has 1 unspecified atom stereocenters. The Hall–Kier alpha value is -2.35. The fraction of sp³-hybridized carbons (Fsp3) is 0.118. The zero-order chi connectivity index (χ0) is 12.7. The van der Waals surface area contributed by atoms with Crippen LogP contribution in [0.4, 0.5) is 0 Å². The standard InChI is InChI=1S/C17H14N2/c1-2-6-12(7-3-1)14-10-18-11-16-17(14)13-8-4-5-9-15(13)19-16/h1-9,11,14,19H,10H2. The fourth-order valence-electron chi connectivity index (χ4n) is 2.96. The summed E-state index contributed by atoms with van der Waals surface area (Å²) < 4.78 is 0. The van der Waals surface area contributed by atoms with Crippen LogP contribution in [0.25, 0.3) is 10.9 Å². The van der Waals surface area contributed by atoms with Gasteiger partial charge in [0, 0.05) is 23.0 Å². The SMILES string of the molecule is C1=NCC(c2ccccc2)c2c1[nH]c1ccccc21. The van der Waals surface area contributed by atoms with E-state index in [1.54, 1.807) is 0 Å². The number of aliphatic imine (C=N–C) groups is 1. The molecule has 1 aliphatic heterocycles. The van der Waals surface area contributed by atoms with E-state index >= 15 is 0 Å². The van der Waals surface area contributed by atoms with Crippen LogP contribution < -0.4 is 0 Å². The predicted molar refractivity (Wildman–Crippen MR) is 79.0 cm³/mol. The molecule has 2 aromatic carbocycles. The lowest BCUT2D eigenvalue weighted by atomic mass is 9.88.